The van der Waals surface area contributed by atoms with Crippen LogP contribution >= 0.6 is 0 Å². The van der Waals surface area contributed by atoms with Crippen molar-refractivity contribution in [2.45, 2.75) is 32.0 Å². The number of amides is 1. The number of alkyl halides is 3. The van der Waals surface area contributed by atoms with Crippen LogP contribution in [0.4, 0.5) is 27.8 Å². The molecule has 0 radical (unpaired) electrons. The fourth-order valence-corrected chi connectivity index (χ4v) is 3.36. The lowest BCUT2D eigenvalue weighted by Crippen LogP contribution is -2.17. The molecule has 1 N–H and O–H groups in total. The fraction of sp³-hybridized carbons (Fsp3) is 0.240. The Morgan fingerprint density at radius 1 is 0.889 bits per heavy atom. The first kappa shape index (κ1) is 25.1. The number of hydrogen-bond acceptors (Lipinski definition) is 5. The molecule has 0 aliphatic heterocycles. The number of pyridine rings is 1. The van der Waals surface area contributed by atoms with Crippen LogP contribution in [0, 0.1) is 17.6 Å². The first-order chi connectivity index (χ1) is 17.1. The minimum atomic E-state index is -4.96. The third kappa shape index (κ3) is 7.00. The summed E-state index contributed by atoms with van der Waals surface area (Å²) in [6.07, 6.45) is -2.83. The molecule has 2 aromatic carbocycles. The second kappa shape index (κ2) is 10.3. The topological polar surface area (TPSA) is 77.5 Å². The van der Waals surface area contributed by atoms with E-state index in [4.69, 9.17) is 4.74 Å². The Kier molecular flexibility index (Phi) is 7.18. The minimum Gasteiger partial charge on any atom is -0.457 e. The standard InChI is InChI=1S/C25H19F5N2O4/c26-21-6-5-20(36-25(28,29)30)11-16(21)10-17(33)9-15-3-4-18(12-22(15)27)35-19-7-8-31-23(13-19)32-24(34)14-1-2-14/h3-8,11-14H,1-2,9-10H2,(H,31,32,34). The summed E-state index contributed by atoms with van der Waals surface area (Å²) in [5, 5.41) is 2.68. The number of ether oxygens (including phenoxy) is 2. The molecule has 36 heavy (non-hydrogen) atoms. The van der Waals surface area contributed by atoms with Crippen LogP contribution in [-0.4, -0.2) is 23.0 Å². The van der Waals surface area contributed by atoms with Crippen molar-refractivity contribution in [1.82, 2.24) is 4.98 Å². The first-order valence-electron chi connectivity index (χ1n) is 10.8. The van der Waals surface area contributed by atoms with E-state index in [1.165, 1.54) is 30.5 Å². The predicted octanol–water partition coefficient (Wildman–Crippen LogP) is 5.75. The molecule has 1 amide bonds. The molecule has 1 aliphatic carbocycles. The molecular formula is C25H19F5N2O4. The van der Waals surface area contributed by atoms with E-state index >= 15 is 0 Å². The molecule has 1 saturated carbocycles. The van der Waals surface area contributed by atoms with E-state index in [1.54, 1.807) is 0 Å². The van der Waals surface area contributed by atoms with Gasteiger partial charge >= 0.3 is 6.36 Å². The molecule has 11 heteroatoms. The van der Waals surface area contributed by atoms with Gasteiger partial charge in [-0.1, -0.05) is 6.07 Å². The number of halogens is 5. The molecule has 0 bridgehead atoms. The lowest BCUT2D eigenvalue weighted by Gasteiger charge is -2.11. The summed E-state index contributed by atoms with van der Waals surface area (Å²) >= 11 is 0. The van der Waals surface area contributed by atoms with Gasteiger partial charge in [-0.05, 0) is 54.3 Å². The zero-order chi connectivity index (χ0) is 25.9. The van der Waals surface area contributed by atoms with Crippen molar-refractivity contribution in [3.63, 3.8) is 0 Å². The summed E-state index contributed by atoms with van der Waals surface area (Å²) in [6, 6.07) is 9.15. The van der Waals surface area contributed by atoms with Gasteiger partial charge in [-0.3, -0.25) is 9.59 Å². The van der Waals surface area contributed by atoms with Gasteiger partial charge in [-0.2, -0.15) is 0 Å². The van der Waals surface area contributed by atoms with Gasteiger partial charge in [0.05, 0.1) is 0 Å². The van der Waals surface area contributed by atoms with Crippen LogP contribution in [-0.2, 0) is 22.4 Å². The SMILES string of the molecule is O=C(Cc1ccc(Oc2ccnc(NC(=O)C3CC3)c2)cc1F)Cc1cc(OC(F)(F)F)ccc1F. The maximum absolute atomic E-state index is 14.6. The van der Waals surface area contributed by atoms with Gasteiger partial charge in [0.1, 0.15) is 40.5 Å². The Bertz CT molecular complexity index is 1290. The van der Waals surface area contributed by atoms with E-state index in [0.717, 1.165) is 37.1 Å². The number of aromatic nitrogens is 1. The number of hydrogen-bond donors (Lipinski definition) is 1. The van der Waals surface area contributed by atoms with E-state index in [1.807, 2.05) is 0 Å². The van der Waals surface area contributed by atoms with Crippen molar-refractivity contribution in [1.29, 1.82) is 0 Å². The molecule has 1 aliphatic rings. The summed E-state index contributed by atoms with van der Waals surface area (Å²) in [5.41, 5.74) is -0.299. The number of anilines is 1. The number of Topliss-reactive ketones (excluding diaryl/α,β-unsaturated/α-hetero) is 1. The van der Waals surface area contributed by atoms with Gasteiger partial charge in [-0.15, -0.1) is 13.2 Å². The number of carbonyl (C=O) groups is 2. The van der Waals surface area contributed by atoms with E-state index in [2.05, 4.69) is 15.0 Å². The van der Waals surface area contributed by atoms with Gasteiger partial charge in [0.15, 0.2) is 0 Å². The van der Waals surface area contributed by atoms with Crippen LogP contribution in [0.25, 0.3) is 0 Å². The van der Waals surface area contributed by atoms with Gasteiger partial charge in [-0.25, -0.2) is 13.8 Å². The fourth-order valence-electron chi connectivity index (χ4n) is 3.36. The molecule has 6 nitrogen and oxygen atoms in total. The highest BCUT2D eigenvalue weighted by Crippen LogP contribution is 2.31. The number of nitrogens with one attached hydrogen (secondary N) is 1. The van der Waals surface area contributed by atoms with Crippen LogP contribution in [0.5, 0.6) is 17.2 Å². The summed E-state index contributed by atoms with van der Waals surface area (Å²) in [7, 11) is 0. The normalized spacial score (nSPS) is 13.2. The molecule has 1 heterocycles. The van der Waals surface area contributed by atoms with Gasteiger partial charge in [0.25, 0.3) is 0 Å². The Morgan fingerprint density at radius 3 is 2.28 bits per heavy atom. The number of ketones is 1. The number of rotatable bonds is 9. The second-order valence-electron chi connectivity index (χ2n) is 8.19. The van der Waals surface area contributed by atoms with Gasteiger partial charge in [0.2, 0.25) is 5.91 Å². The molecular weight excluding hydrogens is 487 g/mol. The molecule has 1 aromatic heterocycles. The molecule has 0 atom stereocenters. The van der Waals surface area contributed by atoms with Gasteiger partial charge < -0.3 is 14.8 Å². The number of benzene rings is 2. The monoisotopic (exact) mass is 506 g/mol. The quantitative estimate of drug-likeness (QED) is 0.374. The van der Waals surface area contributed by atoms with E-state index in [0.29, 0.717) is 11.6 Å². The Morgan fingerprint density at radius 2 is 1.58 bits per heavy atom. The zero-order valence-corrected chi connectivity index (χ0v) is 18.6. The average molecular weight is 506 g/mol. The van der Waals surface area contributed by atoms with Gasteiger partial charge in [0, 0.05) is 37.1 Å². The smallest absolute Gasteiger partial charge is 0.457 e. The van der Waals surface area contributed by atoms with Crippen molar-refractivity contribution in [2.75, 3.05) is 5.32 Å². The Labute approximate surface area is 202 Å². The van der Waals surface area contributed by atoms with Crippen molar-refractivity contribution in [3.05, 3.63) is 77.5 Å². The number of nitrogens with zero attached hydrogens (tertiary/aromatic N) is 1. The highest BCUT2D eigenvalue weighted by atomic mass is 19.4. The number of carbonyl (C=O) groups excluding carboxylic acids is 2. The Balaban J connectivity index is 1.38. The van der Waals surface area contributed by atoms with Crippen LogP contribution in [0.3, 0.4) is 0 Å². The molecule has 0 saturated heterocycles. The van der Waals surface area contributed by atoms with Crippen LogP contribution in [0.15, 0.2) is 54.7 Å². The highest BCUT2D eigenvalue weighted by molar-refractivity contribution is 5.93. The highest BCUT2D eigenvalue weighted by Gasteiger charge is 2.31. The summed E-state index contributed by atoms with van der Waals surface area (Å²) in [5.74, 6) is -2.33. The lowest BCUT2D eigenvalue weighted by molar-refractivity contribution is -0.274. The summed E-state index contributed by atoms with van der Waals surface area (Å²) < 4.78 is 75.1. The molecule has 0 unspecified atom stereocenters. The van der Waals surface area contributed by atoms with Crippen LogP contribution < -0.4 is 14.8 Å². The average Bonchev–Trinajstić information content (AvgIpc) is 3.63. The van der Waals surface area contributed by atoms with Crippen LogP contribution in [0.2, 0.25) is 0 Å². The van der Waals surface area contributed by atoms with Crippen LogP contribution in [0.1, 0.15) is 24.0 Å². The lowest BCUT2D eigenvalue weighted by atomic mass is 10.0. The molecule has 4 rings (SSSR count). The van der Waals surface area contributed by atoms with Crippen molar-refractivity contribution >= 4 is 17.5 Å². The minimum absolute atomic E-state index is 0.00238. The zero-order valence-electron chi connectivity index (χ0n) is 18.6. The third-order valence-electron chi connectivity index (χ3n) is 5.22. The maximum atomic E-state index is 14.6. The summed E-state index contributed by atoms with van der Waals surface area (Å²) in [6.45, 7) is 0. The van der Waals surface area contributed by atoms with Crippen molar-refractivity contribution in [3.8, 4) is 17.2 Å². The summed E-state index contributed by atoms with van der Waals surface area (Å²) in [4.78, 5) is 28.3. The predicted molar refractivity (Wildman–Crippen MR) is 118 cm³/mol. The van der Waals surface area contributed by atoms with E-state index in [9.17, 15) is 31.5 Å². The van der Waals surface area contributed by atoms with E-state index < -0.39 is 42.4 Å². The first-order valence-corrected chi connectivity index (χ1v) is 10.8. The maximum Gasteiger partial charge on any atom is 0.573 e. The molecule has 3 aromatic rings. The Hall–Kier alpha value is -4.02. The van der Waals surface area contributed by atoms with Crippen molar-refractivity contribution in [2.24, 2.45) is 5.92 Å². The van der Waals surface area contributed by atoms with E-state index in [-0.39, 0.29) is 28.7 Å². The molecule has 1 fully saturated rings. The largest absolute Gasteiger partial charge is 0.573 e. The second-order valence-corrected chi connectivity index (χ2v) is 8.19. The molecule has 188 valence electrons. The third-order valence-corrected chi connectivity index (χ3v) is 5.22. The molecule has 0 spiro atoms. The van der Waals surface area contributed by atoms with Crippen molar-refractivity contribution < 1.29 is 41.0 Å².